The summed E-state index contributed by atoms with van der Waals surface area (Å²) in [7, 11) is 0. The fourth-order valence-electron chi connectivity index (χ4n) is 2.58. The molecular formula is C13H21N3S. The molecule has 2 atom stereocenters. The van der Waals surface area contributed by atoms with E-state index in [1.807, 2.05) is 11.3 Å². The van der Waals surface area contributed by atoms with Gasteiger partial charge in [-0.3, -0.25) is 4.90 Å². The average Bonchev–Trinajstić information content (AvgIpc) is 3.05. The van der Waals surface area contributed by atoms with Gasteiger partial charge in [-0.1, -0.05) is 0 Å². The van der Waals surface area contributed by atoms with Gasteiger partial charge in [0.05, 0.1) is 10.7 Å². The highest BCUT2D eigenvalue weighted by Gasteiger charge is 2.28. The molecule has 0 spiro atoms. The van der Waals surface area contributed by atoms with E-state index in [4.69, 9.17) is 4.98 Å². The lowest BCUT2D eigenvalue weighted by Gasteiger charge is -2.38. The lowest BCUT2D eigenvalue weighted by Crippen LogP contribution is -2.54. The van der Waals surface area contributed by atoms with Crippen molar-refractivity contribution in [1.82, 2.24) is 15.2 Å². The van der Waals surface area contributed by atoms with E-state index < -0.39 is 0 Å². The van der Waals surface area contributed by atoms with Crippen molar-refractivity contribution in [2.45, 2.75) is 51.2 Å². The SMILES string of the molecule is C[C@@H]1CNC[C@@H](C)N1Cc1csc(C2CC2)n1. The molecule has 1 saturated heterocycles. The van der Waals surface area contributed by atoms with Crippen molar-refractivity contribution in [3.8, 4) is 0 Å². The van der Waals surface area contributed by atoms with Gasteiger partial charge in [-0.15, -0.1) is 11.3 Å². The van der Waals surface area contributed by atoms with E-state index in [1.54, 1.807) is 0 Å². The third kappa shape index (κ3) is 2.54. The molecule has 1 aromatic rings. The van der Waals surface area contributed by atoms with Crippen LogP contribution in [0.3, 0.4) is 0 Å². The molecule has 3 rings (SSSR count). The molecule has 2 heterocycles. The maximum Gasteiger partial charge on any atom is 0.0959 e. The Morgan fingerprint density at radius 1 is 1.35 bits per heavy atom. The molecule has 0 unspecified atom stereocenters. The van der Waals surface area contributed by atoms with Crippen molar-refractivity contribution in [2.75, 3.05) is 13.1 Å². The number of hydrogen-bond donors (Lipinski definition) is 1. The number of piperazine rings is 1. The summed E-state index contributed by atoms with van der Waals surface area (Å²) < 4.78 is 0. The van der Waals surface area contributed by atoms with Gasteiger partial charge in [0, 0.05) is 43.0 Å². The maximum atomic E-state index is 4.79. The van der Waals surface area contributed by atoms with Gasteiger partial charge >= 0.3 is 0 Å². The first-order chi connectivity index (χ1) is 8.24. The molecule has 0 amide bonds. The van der Waals surface area contributed by atoms with Crippen molar-refractivity contribution in [1.29, 1.82) is 0 Å². The van der Waals surface area contributed by atoms with Gasteiger partial charge < -0.3 is 5.32 Å². The summed E-state index contributed by atoms with van der Waals surface area (Å²) in [5.41, 5.74) is 1.28. The van der Waals surface area contributed by atoms with Crippen LogP contribution in [0.2, 0.25) is 0 Å². The summed E-state index contributed by atoms with van der Waals surface area (Å²) in [5, 5.41) is 7.10. The van der Waals surface area contributed by atoms with E-state index in [2.05, 4.69) is 29.4 Å². The Hall–Kier alpha value is -0.450. The molecule has 0 bridgehead atoms. The standard InChI is InChI=1S/C13H21N3S/c1-9-5-14-6-10(2)16(9)7-12-8-17-13(15-12)11-3-4-11/h8-11,14H,3-7H2,1-2H3/t9-,10-/m1/s1. The van der Waals surface area contributed by atoms with Crippen LogP contribution in [0.25, 0.3) is 0 Å². The van der Waals surface area contributed by atoms with Crippen LogP contribution in [0.1, 0.15) is 43.3 Å². The Kier molecular flexibility index (Phi) is 3.19. The molecule has 3 nitrogen and oxygen atoms in total. The van der Waals surface area contributed by atoms with Crippen LogP contribution in [0, 0.1) is 0 Å². The lowest BCUT2D eigenvalue weighted by atomic mass is 10.1. The fourth-order valence-corrected chi connectivity index (χ4v) is 3.56. The molecule has 0 aromatic carbocycles. The second-order valence-electron chi connectivity index (χ2n) is 5.48. The lowest BCUT2D eigenvalue weighted by molar-refractivity contribution is 0.107. The van der Waals surface area contributed by atoms with Gasteiger partial charge in [0.2, 0.25) is 0 Å². The number of nitrogens with zero attached hydrogens (tertiary/aromatic N) is 2. The predicted octanol–water partition coefficient (Wildman–Crippen LogP) is 2.20. The van der Waals surface area contributed by atoms with Crippen LogP contribution in [0.4, 0.5) is 0 Å². The number of nitrogens with one attached hydrogen (secondary N) is 1. The van der Waals surface area contributed by atoms with Gasteiger partial charge in [0.1, 0.15) is 0 Å². The van der Waals surface area contributed by atoms with Crippen LogP contribution in [0.5, 0.6) is 0 Å². The molecule has 94 valence electrons. The van der Waals surface area contributed by atoms with Crippen LogP contribution in [-0.2, 0) is 6.54 Å². The molecule has 1 aliphatic heterocycles. The summed E-state index contributed by atoms with van der Waals surface area (Å²) in [6, 6.07) is 1.23. The second kappa shape index (κ2) is 4.67. The van der Waals surface area contributed by atoms with Crippen molar-refractivity contribution in [2.24, 2.45) is 0 Å². The predicted molar refractivity (Wildman–Crippen MR) is 71.4 cm³/mol. The van der Waals surface area contributed by atoms with Gasteiger partial charge in [-0.05, 0) is 26.7 Å². The van der Waals surface area contributed by atoms with Gasteiger partial charge in [0.25, 0.3) is 0 Å². The molecular weight excluding hydrogens is 230 g/mol. The highest BCUT2D eigenvalue weighted by molar-refractivity contribution is 7.09. The van der Waals surface area contributed by atoms with E-state index in [-0.39, 0.29) is 0 Å². The average molecular weight is 251 g/mol. The second-order valence-corrected chi connectivity index (χ2v) is 6.37. The van der Waals surface area contributed by atoms with Gasteiger partial charge in [-0.25, -0.2) is 4.98 Å². The van der Waals surface area contributed by atoms with Gasteiger partial charge in [-0.2, -0.15) is 0 Å². The summed E-state index contributed by atoms with van der Waals surface area (Å²) >= 11 is 1.86. The van der Waals surface area contributed by atoms with E-state index in [0.717, 1.165) is 25.6 Å². The van der Waals surface area contributed by atoms with Gasteiger partial charge in [0.15, 0.2) is 0 Å². The summed E-state index contributed by atoms with van der Waals surface area (Å²) in [6.45, 7) is 7.83. The zero-order chi connectivity index (χ0) is 11.8. The monoisotopic (exact) mass is 251 g/mol. The summed E-state index contributed by atoms with van der Waals surface area (Å²) in [6.07, 6.45) is 2.71. The summed E-state index contributed by atoms with van der Waals surface area (Å²) in [4.78, 5) is 7.36. The molecule has 1 aromatic heterocycles. The normalized spacial score (nSPS) is 30.7. The Bertz CT molecular complexity index is 376. The first-order valence-corrected chi connectivity index (χ1v) is 7.53. The molecule has 17 heavy (non-hydrogen) atoms. The molecule has 4 heteroatoms. The Balaban J connectivity index is 1.67. The minimum absolute atomic E-state index is 0.616. The quantitative estimate of drug-likeness (QED) is 0.892. The maximum absolute atomic E-state index is 4.79. The fraction of sp³-hybridized carbons (Fsp3) is 0.769. The van der Waals surface area contributed by atoms with Crippen LogP contribution >= 0.6 is 11.3 Å². The van der Waals surface area contributed by atoms with E-state index >= 15 is 0 Å². The minimum atomic E-state index is 0.616. The first-order valence-electron chi connectivity index (χ1n) is 6.65. The molecule has 1 aliphatic carbocycles. The van der Waals surface area contributed by atoms with Crippen LogP contribution in [0.15, 0.2) is 5.38 Å². The third-order valence-corrected chi connectivity index (χ3v) is 4.91. The highest BCUT2D eigenvalue weighted by atomic mass is 32.1. The molecule has 2 fully saturated rings. The minimum Gasteiger partial charge on any atom is -0.314 e. The topological polar surface area (TPSA) is 28.2 Å². The van der Waals surface area contributed by atoms with E-state index in [9.17, 15) is 0 Å². The van der Waals surface area contributed by atoms with Crippen LogP contribution in [-0.4, -0.2) is 35.1 Å². The summed E-state index contributed by atoms with van der Waals surface area (Å²) in [5.74, 6) is 0.798. The Morgan fingerprint density at radius 2 is 2.06 bits per heavy atom. The molecule has 2 aliphatic rings. The number of aromatic nitrogens is 1. The third-order valence-electron chi connectivity index (χ3n) is 3.85. The largest absolute Gasteiger partial charge is 0.314 e. The Labute approximate surface area is 107 Å². The highest BCUT2D eigenvalue weighted by Crippen LogP contribution is 2.41. The molecule has 0 radical (unpaired) electrons. The molecule has 1 N–H and O–H groups in total. The Morgan fingerprint density at radius 3 is 2.71 bits per heavy atom. The van der Waals surface area contributed by atoms with Crippen molar-refractivity contribution in [3.63, 3.8) is 0 Å². The number of rotatable bonds is 3. The zero-order valence-corrected chi connectivity index (χ0v) is 11.5. The number of thiazole rings is 1. The van der Waals surface area contributed by atoms with Crippen molar-refractivity contribution >= 4 is 11.3 Å². The first kappa shape index (κ1) is 11.6. The zero-order valence-electron chi connectivity index (χ0n) is 10.6. The molecule has 1 saturated carbocycles. The van der Waals surface area contributed by atoms with E-state index in [0.29, 0.717) is 12.1 Å². The number of hydrogen-bond acceptors (Lipinski definition) is 4. The van der Waals surface area contributed by atoms with Crippen molar-refractivity contribution in [3.05, 3.63) is 16.1 Å². The smallest absolute Gasteiger partial charge is 0.0959 e. The van der Waals surface area contributed by atoms with E-state index in [1.165, 1.54) is 23.5 Å². The van der Waals surface area contributed by atoms with Crippen LogP contribution < -0.4 is 5.32 Å². The van der Waals surface area contributed by atoms with Crippen molar-refractivity contribution < 1.29 is 0 Å².